The van der Waals surface area contributed by atoms with Crippen molar-refractivity contribution in [2.24, 2.45) is 0 Å². The molecule has 120 valence electrons. The van der Waals surface area contributed by atoms with E-state index in [2.05, 4.69) is 22.3 Å². The number of benzene rings is 2. The Balaban J connectivity index is 1.60. The van der Waals surface area contributed by atoms with Crippen LogP contribution in [0.5, 0.6) is 5.75 Å². The lowest BCUT2D eigenvalue weighted by molar-refractivity contribution is -0.116. The van der Waals surface area contributed by atoms with E-state index in [0.717, 1.165) is 37.4 Å². The molecule has 1 aliphatic rings. The second-order valence-electron chi connectivity index (χ2n) is 5.75. The molecule has 0 spiro atoms. The second-order valence-corrected chi connectivity index (χ2v) is 5.75. The van der Waals surface area contributed by atoms with E-state index in [1.54, 1.807) is 7.11 Å². The number of ether oxygens (including phenoxy) is 1. The van der Waals surface area contributed by atoms with Crippen LogP contribution in [0.4, 0.5) is 11.4 Å². The first kappa shape index (κ1) is 15.4. The van der Waals surface area contributed by atoms with Crippen LogP contribution in [-0.2, 0) is 11.2 Å². The molecule has 0 radical (unpaired) electrons. The van der Waals surface area contributed by atoms with Gasteiger partial charge in [-0.3, -0.25) is 4.79 Å². The summed E-state index contributed by atoms with van der Waals surface area (Å²) in [5.41, 5.74) is 3.38. The molecule has 0 atom stereocenters. The highest BCUT2D eigenvalue weighted by Gasteiger charge is 2.18. The van der Waals surface area contributed by atoms with Crippen LogP contribution in [0, 0.1) is 0 Å². The lowest BCUT2D eigenvalue weighted by atomic mass is 10.0. The Morgan fingerprint density at radius 1 is 1.22 bits per heavy atom. The standard InChI is InChI=1S/C19H22N2O2/c1-23-17-9-10-18-15(14-17)6-5-12-21(18)13-11-19(22)20-16-7-3-2-4-8-16/h2-4,7-10,14H,5-6,11-13H2,1H3,(H,20,22). The quantitative estimate of drug-likeness (QED) is 0.919. The van der Waals surface area contributed by atoms with Crippen LogP contribution in [0.15, 0.2) is 48.5 Å². The summed E-state index contributed by atoms with van der Waals surface area (Å²) in [6, 6.07) is 15.8. The minimum atomic E-state index is 0.0526. The predicted octanol–water partition coefficient (Wildman–Crippen LogP) is 3.48. The number of aryl methyl sites for hydroxylation is 1. The lowest BCUT2D eigenvalue weighted by Crippen LogP contribution is -2.32. The zero-order chi connectivity index (χ0) is 16.1. The molecule has 2 aromatic carbocycles. The van der Waals surface area contributed by atoms with Crippen LogP contribution < -0.4 is 15.0 Å². The molecule has 0 bridgehead atoms. The molecular formula is C19H22N2O2. The van der Waals surface area contributed by atoms with Gasteiger partial charge in [-0.25, -0.2) is 0 Å². The molecule has 0 aromatic heterocycles. The summed E-state index contributed by atoms with van der Waals surface area (Å²) in [6.45, 7) is 1.73. The Bertz CT molecular complexity index is 670. The number of fused-ring (bicyclic) bond motifs is 1. The fourth-order valence-corrected chi connectivity index (χ4v) is 2.99. The van der Waals surface area contributed by atoms with Gasteiger partial charge in [0, 0.05) is 30.9 Å². The normalized spacial score (nSPS) is 13.3. The van der Waals surface area contributed by atoms with Crippen LogP contribution in [0.2, 0.25) is 0 Å². The maximum absolute atomic E-state index is 12.1. The highest BCUT2D eigenvalue weighted by Crippen LogP contribution is 2.30. The molecule has 1 amide bonds. The van der Waals surface area contributed by atoms with Crippen LogP contribution in [0.25, 0.3) is 0 Å². The first-order valence-electron chi connectivity index (χ1n) is 8.03. The molecule has 1 N–H and O–H groups in total. The maximum Gasteiger partial charge on any atom is 0.226 e. The summed E-state index contributed by atoms with van der Waals surface area (Å²) in [4.78, 5) is 14.4. The van der Waals surface area contributed by atoms with Crippen molar-refractivity contribution in [1.29, 1.82) is 0 Å². The van der Waals surface area contributed by atoms with Crippen molar-refractivity contribution in [3.05, 3.63) is 54.1 Å². The van der Waals surface area contributed by atoms with E-state index in [4.69, 9.17) is 4.74 Å². The third-order valence-corrected chi connectivity index (χ3v) is 4.17. The SMILES string of the molecule is COc1ccc2c(c1)CCCN2CCC(=O)Nc1ccccc1. The van der Waals surface area contributed by atoms with E-state index in [0.29, 0.717) is 6.42 Å². The first-order valence-corrected chi connectivity index (χ1v) is 8.03. The fraction of sp³-hybridized carbons (Fsp3) is 0.316. The van der Waals surface area contributed by atoms with Gasteiger partial charge in [0.2, 0.25) is 5.91 Å². The number of hydrogen-bond acceptors (Lipinski definition) is 3. The van der Waals surface area contributed by atoms with Crippen molar-refractivity contribution in [2.75, 3.05) is 30.4 Å². The molecule has 23 heavy (non-hydrogen) atoms. The average Bonchev–Trinajstić information content (AvgIpc) is 2.60. The van der Waals surface area contributed by atoms with Crippen molar-refractivity contribution in [1.82, 2.24) is 0 Å². The summed E-state index contributed by atoms with van der Waals surface area (Å²) in [7, 11) is 1.69. The molecule has 0 aliphatic carbocycles. The smallest absolute Gasteiger partial charge is 0.226 e. The Morgan fingerprint density at radius 2 is 2.04 bits per heavy atom. The van der Waals surface area contributed by atoms with E-state index in [-0.39, 0.29) is 5.91 Å². The number of methoxy groups -OCH3 is 1. The van der Waals surface area contributed by atoms with Crippen molar-refractivity contribution >= 4 is 17.3 Å². The maximum atomic E-state index is 12.1. The first-order chi connectivity index (χ1) is 11.3. The molecule has 4 nitrogen and oxygen atoms in total. The molecule has 0 saturated carbocycles. The summed E-state index contributed by atoms with van der Waals surface area (Å²) in [5, 5.41) is 2.94. The van der Waals surface area contributed by atoms with Gasteiger partial charge in [-0.05, 0) is 48.7 Å². The van der Waals surface area contributed by atoms with Gasteiger partial charge in [-0.15, -0.1) is 0 Å². The topological polar surface area (TPSA) is 41.6 Å². The monoisotopic (exact) mass is 310 g/mol. The highest BCUT2D eigenvalue weighted by molar-refractivity contribution is 5.91. The van der Waals surface area contributed by atoms with Crippen LogP contribution >= 0.6 is 0 Å². The number of anilines is 2. The van der Waals surface area contributed by atoms with Crippen molar-refractivity contribution in [3.8, 4) is 5.75 Å². The van der Waals surface area contributed by atoms with Crippen molar-refractivity contribution in [2.45, 2.75) is 19.3 Å². The van der Waals surface area contributed by atoms with Gasteiger partial charge in [0.1, 0.15) is 5.75 Å². The van der Waals surface area contributed by atoms with Gasteiger partial charge >= 0.3 is 0 Å². The molecule has 4 heteroatoms. The van der Waals surface area contributed by atoms with Gasteiger partial charge in [0.25, 0.3) is 0 Å². The van der Waals surface area contributed by atoms with E-state index in [1.807, 2.05) is 36.4 Å². The third kappa shape index (κ3) is 3.83. The van der Waals surface area contributed by atoms with E-state index in [1.165, 1.54) is 11.3 Å². The lowest BCUT2D eigenvalue weighted by Gasteiger charge is -2.31. The molecular weight excluding hydrogens is 288 g/mol. The number of carbonyl (C=O) groups is 1. The number of amides is 1. The summed E-state index contributed by atoms with van der Waals surface area (Å²) in [6.07, 6.45) is 2.67. The molecule has 1 heterocycles. The third-order valence-electron chi connectivity index (χ3n) is 4.17. The minimum absolute atomic E-state index is 0.0526. The molecule has 1 aliphatic heterocycles. The summed E-state index contributed by atoms with van der Waals surface area (Å²) >= 11 is 0. The average molecular weight is 310 g/mol. The van der Waals surface area contributed by atoms with Crippen molar-refractivity contribution < 1.29 is 9.53 Å². The van der Waals surface area contributed by atoms with Gasteiger partial charge in [0.15, 0.2) is 0 Å². The van der Waals surface area contributed by atoms with Crippen LogP contribution in [0.1, 0.15) is 18.4 Å². The van der Waals surface area contributed by atoms with Crippen molar-refractivity contribution in [3.63, 3.8) is 0 Å². The molecule has 2 aromatic rings. The van der Waals surface area contributed by atoms with Gasteiger partial charge in [0.05, 0.1) is 7.11 Å². The Morgan fingerprint density at radius 3 is 2.83 bits per heavy atom. The van der Waals surface area contributed by atoms with E-state index < -0.39 is 0 Å². The van der Waals surface area contributed by atoms with E-state index in [9.17, 15) is 4.79 Å². The molecule has 0 fully saturated rings. The number of carbonyl (C=O) groups excluding carboxylic acids is 1. The number of rotatable bonds is 5. The predicted molar refractivity (Wildman–Crippen MR) is 93.2 cm³/mol. The zero-order valence-electron chi connectivity index (χ0n) is 13.4. The number of nitrogens with one attached hydrogen (secondary N) is 1. The molecule has 0 saturated heterocycles. The summed E-state index contributed by atoms with van der Waals surface area (Å²) < 4.78 is 5.30. The molecule has 3 rings (SSSR count). The Hall–Kier alpha value is -2.49. The van der Waals surface area contributed by atoms with Gasteiger partial charge < -0.3 is 15.0 Å². The van der Waals surface area contributed by atoms with Crippen LogP contribution in [0.3, 0.4) is 0 Å². The Labute approximate surface area is 137 Å². The summed E-state index contributed by atoms with van der Waals surface area (Å²) in [5.74, 6) is 0.948. The minimum Gasteiger partial charge on any atom is -0.497 e. The number of hydrogen-bond donors (Lipinski definition) is 1. The van der Waals surface area contributed by atoms with Gasteiger partial charge in [-0.2, -0.15) is 0 Å². The number of nitrogens with zero attached hydrogens (tertiary/aromatic N) is 1. The van der Waals surface area contributed by atoms with Gasteiger partial charge in [-0.1, -0.05) is 18.2 Å². The Kier molecular flexibility index (Phi) is 4.81. The molecule has 0 unspecified atom stereocenters. The highest BCUT2D eigenvalue weighted by atomic mass is 16.5. The van der Waals surface area contributed by atoms with E-state index >= 15 is 0 Å². The largest absolute Gasteiger partial charge is 0.497 e. The van der Waals surface area contributed by atoms with Crippen LogP contribution in [-0.4, -0.2) is 26.1 Å². The fourth-order valence-electron chi connectivity index (χ4n) is 2.99. The second kappa shape index (κ2) is 7.18. The number of para-hydroxylation sites is 1. The zero-order valence-corrected chi connectivity index (χ0v) is 13.4.